The first kappa shape index (κ1) is 10.0. The van der Waals surface area contributed by atoms with E-state index in [1.165, 1.54) is 6.26 Å². The van der Waals surface area contributed by atoms with Crippen LogP contribution in [0.5, 0.6) is 0 Å². The summed E-state index contributed by atoms with van der Waals surface area (Å²) in [5, 5.41) is -0.161. The number of esters is 1. The van der Waals surface area contributed by atoms with Gasteiger partial charge in [0.05, 0.1) is 6.61 Å². The van der Waals surface area contributed by atoms with Gasteiger partial charge in [-0.3, -0.25) is 0 Å². The lowest BCUT2D eigenvalue weighted by atomic mass is 10.6. The Labute approximate surface area is 70.2 Å². The average Bonchev–Trinajstić information content (AvgIpc) is 1.97. The zero-order valence-corrected chi connectivity index (χ0v) is 6.93. The van der Waals surface area contributed by atoms with Gasteiger partial charge < -0.3 is 9.47 Å². The highest BCUT2D eigenvalue weighted by Crippen LogP contribution is 1.99. The maximum absolute atomic E-state index is 10.5. The van der Waals surface area contributed by atoms with Crippen molar-refractivity contribution >= 4 is 17.6 Å². The maximum Gasteiger partial charge on any atom is 0.354 e. The van der Waals surface area contributed by atoms with Crippen LogP contribution < -0.4 is 0 Å². The van der Waals surface area contributed by atoms with Gasteiger partial charge in [0.1, 0.15) is 17.6 Å². The Morgan fingerprint density at radius 1 is 1.64 bits per heavy atom. The van der Waals surface area contributed by atoms with Crippen LogP contribution in [0.25, 0.3) is 0 Å². The Balaban J connectivity index is 3.53. The molecule has 0 aliphatic heterocycles. The van der Waals surface area contributed by atoms with Gasteiger partial charge in [0.2, 0.25) is 0 Å². The number of halogens is 1. The molecule has 0 aliphatic carbocycles. The molecule has 4 heteroatoms. The van der Waals surface area contributed by atoms with Gasteiger partial charge >= 0.3 is 5.97 Å². The van der Waals surface area contributed by atoms with E-state index in [4.69, 9.17) is 16.3 Å². The van der Waals surface area contributed by atoms with E-state index in [2.05, 4.69) is 11.3 Å². The third-order valence-corrected chi connectivity index (χ3v) is 0.869. The third-order valence-electron chi connectivity index (χ3n) is 0.715. The molecule has 0 aromatic rings. The van der Waals surface area contributed by atoms with E-state index in [9.17, 15) is 4.79 Å². The molecule has 0 saturated heterocycles. The van der Waals surface area contributed by atoms with Crippen molar-refractivity contribution in [3.05, 3.63) is 24.1 Å². The summed E-state index contributed by atoms with van der Waals surface area (Å²) in [6.45, 7) is 5.51. The van der Waals surface area contributed by atoms with Gasteiger partial charge in [0, 0.05) is 0 Å². The molecule has 0 amide bonds. The number of carbonyl (C=O) groups excluding carboxylic acids is 1. The van der Waals surface area contributed by atoms with E-state index in [1.54, 1.807) is 0 Å². The second-order valence-electron chi connectivity index (χ2n) is 1.54. The number of hydrogen-bond donors (Lipinski definition) is 0. The highest BCUT2D eigenvalue weighted by Gasteiger charge is 2.01. The predicted octanol–water partition coefficient (Wildman–Crippen LogP) is 1.79. The van der Waals surface area contributed by atoms with Gasteiger partial charge in [-0.1, -0.05) is 18.2 Å². The van der Waals surface area contributed by atoms with Gasteiger partial charge in [-0.15, -0.1) is 0 Å². The van der Waals surface area contributed by atoms with E-state index in [0.29, 0.717) is 6.61 Å². The molecule has 0 unspecified atom stereocenters. The molecule has 0 N–H and O–H groups in total. The molecule has 0 spiro atoms. The van der Waals surface area contributed by atoms with Gasteiger partial charge in [-0.2, -0.15) is 0 Å². The lowest BCUT2D eigenvalue weighted by molar-refractivity contribution is -0.133. The largest absolute Gasteiger partial charge is 0.498 e. The number of carbonyl (C=O) groups is 1. The fourth-order valence-electron chi connectivity index (χ4n) is 0.289. The van der Waals surface area contributed by atoms with Crippen molar-refractivity contribution < 1.29 is 14.3 Å². The van der Waals surface area contributed by atoms with Crippen LogP contribution in [0.3, 0.4) is 0 Å². The van der Waals surface area contributed by atoms with E-state index in [-0.39, 0.29) is 5.03 Å². The third kappa shape index (κ3) is 5.48. The molecule has 3 nitrogen and oxygen atoms in total. The van der Waals surface area contributed by atoms with Crippen molar-refractivity contribution in [3.8, 4) is 0 Å². The van der Waals surface area contributed by atoms with Crippen LogP contribution in [0.1, 0.15) is 6.92 Å². The summed E-state index contributed by atoms with van der Waals surface area (Å²) >= 11 is 5.20. The fourth-order valence-corrected chi connectivity index (χ4v) is 0.334. The number of hydrogen-bond acceptors (Lipinski definition) is 3. The first-order valence-electron chi connectivity index (χ1n) is 3.00. The molecular formula is C7H9ClO3. The SMILES string of the molecule is C=C(Cl)C(=O)OC=COCC. The predicted molar refractivity (Wildman–Crippen MR) is 41.9 cm³/mol. The van der Waals surface area contributed by atoms with E-state index in [0.717, 1.165) is 6.26 Å². The zero-order valence-electron chi connectivity index (χ0n) is 6.17. The van der Waals surface area contributed by atoms with Crippen molar-refractivity contribution in [1.82, 2.24) is 0 Å². The monoisotopic (exact) mass is 176 g/mol. The normalized spacial score (nSPS) is 9.64. The van der Waals surface area contributed by atoms with Gasteiger partial charge in [0.15, 0.2) is 0 Å². The summed E-state index contributed by atoms with van der Waals surface area (Å²) in [6.07, 6.45) is 2.37. The smallest absolute Gasteiger partial charge is 0.354 e. The molecule has 62 valence electrons. The summed E-state index contributed by atoms with van der Waals surface area (Å²) in [4.78, 5) is 10.5. The summed E-state index contributed by atoms with van der Waals surface area (Å²) in [7, 11) is 0. The molecule has 0 radical (unpaired) electrons. The number of rotatable bonds is 4. The van der Waals surface area contributed by atoms with E-state index < -0.39 is 5.97 Å². The quantitative estimate of drug-likeness (QED) is 0.372. The molecule has 0 aromatic carbocycles. The Morgan fingerprint density at radius 2 is 2.27 bits per heavy atom. The van der Waals surface area contributed by atoms with Gasteiger partial charge in [-0.25, -0.2) is 4.79 Å². The molecule has 11 heavy (non-hydrogen) atoms. The van der Waals surface area contributed by atoms with E-state index >= 15 is 0 Å². The topological polar surface area (TPSA) is 35.5 Å². The average molecular weight is 177 g/mol. The molecule has 0 rings (SSSR count). The van der Waals surface area contributed by atoms with Gasteiger partial charge in [0.25, 0.3) is 0 Å². The second-order valence-corrected chi connectivity index (χ2v) is 1.99. The Bertz CT molecular complexity index is 175. The number of ether oxygens (including phenoxy) is 2. The Morgan fingerprint density at radius 3 is 2.73 bits per heavy atom. The van der Waals surface area contributed by atoms with Crippen LogP contribution >= 0.6 is 11.6 Å². The van der Waals surface area contributed by atoms with Crippen molar-refractivity contribution in [3.63, 3.8) is 0 Å². The van der Waals surface area contributed by atoms with Crippen LogP contribution in [-0.2, 0) is 14.3 Å². The first-order chi connectivity index (χ1) is 5.18. The van der Waals surface area contributed by atoms with Crippen LogP contribution in [0, 0.1) is 0 Å². The van der Waals surface area contributed by atoms with E-state index in [1.807, 2.05) is 6.92 Å². The summed E-state index contributed by atoms with van der Waals surface area (Å²) in [6, 6.07) is 0. The summed E-state index contributed by atoms with van der Waals surface area (Å²) < 4.78 is 9.16. The molecule has 0 aromatic heterocycles. The van der Waals surface area contributed by atoms with Crippen LogP contribution in [0.2, 0.25) is 0 Å². The van der Waals surface area contributed by atoms with Crippen molar-refractivity contribution in [2.75, 3.05) is 6.61 Å². The second kappa shape index (κ2) is 5.80. The molecule has 0 saturated carbocycles. The summed E-state index contributed by atoms with van der Waals surface area (Å²) in [5.74, 6) is -0.678. The van der Waals surface area contributed by atoms with Gasteiger partial charge in [-0.05, 0) is 6.92 Å². The van der Waals surface area contributed by atoms with Crippen LogP contribution in [0.15, 0.2) is 24.1 Å². The molecular weight excluding hydrogens is 168 g/mol. The highest BCUT2D eigenvalue weighted by atomic mass is 35.5. The molecule has 0 aliphatic rings. The van der Waals surface area contributed by atoms with Crippen molar-refractivity contribution in [1.29, 1.82) is 0 Å². The summed E-state index contributed by atoms with van der Waals surface area (Å²) in [5.41, 5.74) is 0. The fraction of sp³-hybridized carbons (Fsp3) is 0.286. The van der Waals surface area contributed by atoms with Crippen molar-refractivity contribution in [2.24, 2.45) is 0 Å². The van der Waals surface area contributed by atoms with Crippen molar-refractivity contribution in [2.45, 2.75) is 6.92 Å². The Kier molecular flexibility index (Phi) is 5.29. The lowest BCUT2D eigenvalue weighted by Crippen LogP contribution is -1.97. The van der Waals surface area contributed by atoms with Crippen LogP contribution in [0.4, 0.5) is 0 Å². The molecule has 0 heterocycles. The first-order valence-corrected chi connectivity index (χ1v) is 3.38. The van der Waals surface area contributed by atoms with Crippen LogP contribution in [-0.4, -0.2) is 12.6 Å². The Hall–Kier alpha value is -0.960. The zero-order chi connectivity index (χ0) is 8.69. The minimum atomic E-state index is -0.678. The minimum absolute atomic E-state index is 0.161. The highest BCUT2D eigenvalue weighted by molar-refractivity contribution is 6.40. The molecule has 0 atom stereocenters. The minimum Gasteiger partial charge on any atom is -0.498 e. The maximum atomic E-state index is 10.5. The lowest BCUT2D eigenvalue weighted by Gasteiger charge is -1.94. The standard InChI is InChI=1S/C7H9ClO3/c1-3-10-4-5-11-7(9)6(2)8/h4-5H,2-3H2,1H3. The molecule has 0 fully saturated rings. The molecule has 0 bridgehead atoms.